The minimum atomic E-state index is -0.803. The first-order chi connectivity index (χ1) is 12.0. The summed E-state index contributed by atoms with van der Waals surface area (Å²) in [5.74, 6) is -1.12. The molecule has 0 saturated carbocycles. The minimum absolute atomic E-state index is 0.0335. The van der Waals surface area contributed by atoms with E-state index in [4.69, 9.17) is 5.11 Å². The molecule has 3 rings (SSSR count). The zero-order valence-electron chi connectivity index (χ0n) is 14.3. The number of carbonyl (C=O) groups excluding carboxylic acids is 1. The monoisotopic (exact) mass is 348 g/mol. The van der Waals surface area contributed by atoms with E-state index >= 15 is 0 Å². The van der Waals surface area contributed by atoms with Gasteiger partial charge in [-0.2, -0.15) is 0 Å². The molecule has 1 amide bonds. The molecule has 0 radical (unpaired) electrons. The zero-order chi connectivity index (χ0) is 17.9. The Morgan fingerprint density at radius 3 is 2.92 bits per heavy atom. The summed E-state index contributed by atoms with van der Waals surface area (Å²) in [7, 11) is 0. The second-order valence-corrected chi connectivity index (χ2v) is 7.22. The van der Waals surface area contributed by atoms with Gasteiger partial charge in [-0.25, -0.2) is 4.39 Å². The quantitative estimate of drug-likeness (QED) is 0.858. The first-order valence-electron chi connectivity index (χ1n) is 9.00. The molecule has 25 heavy (non-hydrogen) atoms. The number of amides is 1. The van der Waals surface area contributed by atoms with Crippen LogP contribution in [0.2, 0.25) is 0 Å². The second kappa shape index (κ2) is 7.52. The predicted molar refractivity (Wildman–Crippen MR) is 91.8 cm³/mol. The minimum Gasteiger partial charge on any atom is -0.481 e. The van der Waals surface area contributed by atoms with Gasteiger partial charge in [0.1, 0.15) is 5.82 Å². The molecule has 1 aromatic carbocycles. The van der Waals surface area contributed by atoms with E-state index in [1.807, 2.05) is 6.07 Å². The Hall–Kier alpha value is -1.95. The lowest BCUT2D eigenvalue weighted by Gasteiger charge is -2.35. The number of likely N-dealkylation sites (tertiary alicyclic amines) is 1. The number of carboxylic acid groups (broad SMARTS) is 1. The summed E-state index contributed by atoms with van der Waals surface area (Å²) in [6.07, 6.45) is 3.82. The highest BCUT2D eigenvalue weighted by atomic mass is 19.1. The van der Waals surface area contributed by atoms with Crippen molar-refractivity contribution >= 4 is 11.9 Å². The average Bonchev–Trinajstić information content (AvgIpc) is 2.78. The van der Waals surface area contributed by atoms with Gasteiger partial charge in [0.15, 0.2) is 0 Å². The van der Waals surface area contributed by atoms with Crippen LogP contribution in [0.4, 0.5) is 4.39 Å². The van der Waals surface area contributed by atoms with Gasteiger partial charge in [0.05, 0.1) is 5.54 Å². The molecular formula is C19H25FN2O3. The Balaban J connectivity index is 1.85. The standard InChI is InChI=1S/C19H25FN2O3/c20-16-7-2-1-6-14(16)15-12-22(11-5-9-18(24)25)13-19(15)10-4-3-8-17(23)21-19/h1-2,6-7,15H,3-5,8-13H2,(H,21,23)(H,24,25)/t15-,19+/m0/s1. The van der Waals surface area contributed by atoms with Crippen LogP contribution in [0, 0.1) is 5.82 Å². The number of halogens is 1. The van der Waals surface area contributed by atoms with Gasteiger partial charge < -0.3 is 15.3 Å². The maximum absolute atomic E-state index is 14.5. The predicted octanol–water partition coefficient (Wildman–Crippen LogP) is 2.52. The largest absolute Gasteiger partial charge is 0.481 e. The van der Waals surface area contributed by atoms with Gasteiger partial charge in [-0.3, -0.25) is 9.59 Å². The average molecular weight is 348 g/mol. The fourth-order valence-corrected chi connectivity index (χ4v) is 4.29. The molecule has 0 bridgehead atoms. The lowest BCUT2D eigenvalue weighted by Crippen LogP contribution is -2.52. The van der Waals surface area contributed by atoms with Crippen molar-refractivity contribution in [2.24, 2.45) is 0 Å². The molecule has 1 aromatic rings. The number of rotatable bonds is 5. The Morgan fingerprint density at radius 1 is 1.36 bits per heavy atom. The Labute approximate surface area is 147 Å². The van der Waals surface area contributed by atoms with E-state index in [1.165, 1.54) is 6.07 Å². The molecule has 0 aromatic heterocycles. The summed E-state index contributed by atoms with van der Waals surface area (Å²) in [4.78, 5) is 25.1. The highest BCUT2D eigenvalue weighted by Crippen LogP contribution is 2.41. The summed E-state index contributed by atoms with van der Waals surface area (Å²) in [5.41, 5.74) is 0.185. The van der Waals surface area contributed by atoms with Crippen molar-refractivity contribution in [2.45, 2.75) is 50.0 Å². The van der Waals surface area contributed by atoms with Crippen LogP contribution in [0.15, 0.2) is 24.3 Å². The van der Waals surface area contributed by atoms with Crippen molar-refractivity contribution in [3.05, 3.63) is 35.6 Å². The first kappa shape index (κ1) is 17.9. The van der Waals surface area contributed by atoms with Crippen molar-refractivity contribution in [1.29, 1.82) is 0 Å². The highest BCUT2D eigenvalue weighted by Gasteiger charge is 2.49. The van der Waals surface area contributed by atoms with Crippen LogP contribution in [-0.2, 0) is 9.59 Å². The third-order valence-electron chi connectivity index (χ3n) is 5.42. The SMILES string of the molecule is O=C(O)CCCN1C[C@@H](c2ccccc2F)[C@@]2(CCCCC(=O)N2)C1. The maximum atomic E-state index is 14.5. The molecule has 0 unspecified atom stereocenters. The van der Waals surface area contributed by atoms with Crippen molar-refractivity contribution < 1.29 is 19.1 Å². The summed E-state index contributed by atoms with van der Waals surface area (Å²) in [6.45, 7) is 1.94. The van der Waals surface area contributed by atoms with Gasteiger partial charge in [0, 0.05) is 31.8 Å². The normalized spacial score (nSPS) is 27.2. The molecule has 2 aliphatic heterocycles. The molecule has 5 nitrogen and oxygen atoms in total. The van der Waals surface area contributed by atoms with E-state index in [-0.39, 0.29) is 24.1 Å². The van der Waals surface area contributed by atoms with Gasteiger partial charge in [0.2, 0.25) is 5.91 Å². The van der Waals surface area contributed by atoms with E-state index < -0.39 is 11.5 Å². The van der Waals surface area contributed by atoms with Crippen LogP contribution in [0.1, 0.15) is 50.0 Å². The third kappa shape index (κ3) is 4.00. The van der Waals surface area contributed by atoms with Crippen LogP contribution in [0.25, 0.3) is 0 Å². The summed E-state index contributed by atoms with van der Waals surface area (Å²) >= 11 is 0. The fraction of sp³-hybridized carbons (Fsp3) is 0.579. The van der Waals surface area contributed by atoms with Gasteiger partial charge in [-0.1, -0.05) is 24.6 Å². The Morgan fingerprint density at radius 2 is 2.16 bits per heavy atom. The molecule has 1 spiro atoms. The molecular weight excluding hydrogens is 323 g/mol. The lowest BCUT2D eigenvalue weighted by molar-refractivity contribution is -0.137. The molecule has 2 atom stereocenters. The molecule has 2 aliphatic rings. The number of carboxylic acids is 1. The number of hydrogen-bond donors (Lipinski definition) is 2. The van der Waals surface area contributed by atoms with Crippen molar-refractivity contribution in [3.63, 3.8) is 0 Å². The van der Waals surface area contributed by atoms with Gasteiger partial charge in [-0.15, -0.1) is 0 Å². The van der Waals surface area contributed by atoms with Crippen molar-refractivity contribution in [3.8, 4) is 0 Å². The van der Waals surface area contributed by atoms with E-state index in [2.05, 4.69) is 10.2 Å². The fourth-order valence-electron chi connectivity index (χ4n) is 4.29. The zero-order valence-corrected chi connectivity index (χ0v) is 14.3. The molecule has 2 saturated heterocycles. The number of hydrogen-bond acceptors (Lipinski definition) is 3. The summed E-state index contributed by atoms with van der Waals surface area (Å²) in [6, 6.07) is 6.78. The summed E-state index contributed by atoms with van der Waals surface area (Å²) in [5, 5.41) is 12.0. The van der Waals surface area contributed by atoms with Gasteiger partial charge >= 0.3 is 5.97 Å². The molecule has 2 heterocycles. The molecule has 136 valence electrons. The highest BCUT2D eigenvalue weighted by molar-refractivity contribution is 5.77. The number of nitrogens with zero attached hydrogens (tertiary/aromatic N) is 1. The van der Waals surface area contributed by atoms with Crippen molar-refractivity contribution in [1.82, 2.24) is 10.2 Å². The van der Waals surface area contributed by atoms with E-state index in [0.717, 1.165) is 19.3 Å². The smallest absolute Gasteiger partial charge is 0.303 e. The Kier molecular flexibility index (Phi) is 5.37. The number of aliphatic carboxylic acids is 1. The number of nitrogens with one attached hydrogen (secondary N) is 1. The molecule has 2 N–H and O–H groups in total. The molecule has 0 aliphatic carbocycles. The van der Waals surface area contributed by atoms with E-state index in [9.17, 15) is 14.0 Å². The third-order valence-corrected chi connectivity index (χ3v) is 5.42. The van der Waals surface area contributed by atoms with Crippen LogP contribution >= 0.6 is 0 Å². The maximum Gasteiger partial charge on any atom is 0.303 e. The van der Waals surface area contributed by atoms with Crippen LogP contribution < -0.4 is 5.32 Å². The number of benzene rings is 1. The summed E-state index contributed by atoms with van der Waals surface area (Å²) < 4.78 is 14.5. The first-order valence-corrected chi connectivity index (χ1v) is 9.00. The van der Waals surface area contributed by atoms with E-state index in [1.54, 1.807) is 12.1 Å². The topological polar surface area (TPSA) is 69.6 Å². The lowest BCUT2D eigenvalue weighted by atomic mass is 9.78. The van der Waals surface area contributed by atoms with Gasteiger partial charge in [-0.05, 0) is 37.4 Å². The Bertz CT molecular complexity index is 651. The van der Waals surface area contributed by atoms with Crippen LogP contribution in [0.3, 0.4) is 0 Å². The van der Waals surface area contributed by atoms with Crippen molar-refractivity contribution in [2.75, 3.05) is 19.6 Å². The molecule has 2 fully saturated rings. The second-order valence-electron chi connectivity index (χ2n) is 7.22. The van der Waals surface area contributed by atoms with E-state index in [0.29, 0.717) is 38.0 Å². The molecule has 6 heteroatoms. The van der Waals surface area contributed by atoms with Gasteiger partial charge in [0.25, 0.3) is 0 Å². The van der Waals surface area contributed by atoms with Crippen LogP contribution in [-0.4, -0.2) is 47.1 Å². The van der Waals surface area contributed by atoms with Crippen LogP contribution in [0.5, 0.6) is 0 Å². The number of carbonyl (C=O) groups is 2.